The highest BCUT2D eigenvalue weighted by Crippen LogP contribution is 2.33. The van der Waals surface area contributed by atoms with E-state index in [4.69, 9.17) is 10.5 Å². The normalized spacial score (nSPS) is 12.1. The number of benzene rings is 2. The van der Waals surface area contributed by atoms with Gasteiger partial charge in [0, 0.05) is 30.0 Å². The molecule has 0 fully saturated rings. The Bertz CT molecular complexity index is 1110. The maximum Gasteiger partial charge on any atom is 0.416 e. The van der Waals surface area contributed by atoms with Gasteiger partial charge in [-0.2, -0.15) is 13.2 Å². The first-order valence-corrected chi connectivity index (χ1v) is 9.96. The molecule has 1 aromatic heterocycles. The number of rotatable bonds is 7. The molecule has 3 rings (SSSR count). The van der Waals surface area contributed by atoms with E-state index in [0.29, 0.717) is 29.7 Å². The molecular formula is C22H23F3N6O2. The van der Waals surface area contributed by atoms with Crippen molar-refractivity contribution in [3.63, 3.8) is 0 Å². The van der Waals surface area contributed by atoms with Gasteiger partial charge in [0.1, 0.15) is 17.9 Å². The van der Waals surface area contributed by atoms with E-state index in [1.165, 1.54) is 25.4 Å². The Morgan fingerprint density at radius 3 is 2.39 bits per heavy atom. The Hall–Kier alpha value is -3.86. The third-order valence-corrected chi connectivity index (χ3v) is 4.53. The molecule has 0 saturated carbocycles. The van der Waals surface area contributed by atoms with E-state index >= 15 is 0 Å². The molecule has 1 heterocycles. The lowest BCUT2D eigenvalue weighted by atomic mass is 10.1. The Balaban J connectivity index is 1.60. The first-order chi connectivity index (χ1) is 15.6. The summed E-state index contributed by atoms with van der Waals surface area (Å²) >= 11 is 0. The van der Waals surface area contributed by atoms with Gasteiger partial charge in [0.25, 0.3) is 0 Å². The van der Waals surface area contributed by atoms with Crippen LogP contribution in [0.4, 0.5) is 35.2 Å². The van der Waals surface area contributed by atoms with Gasteiger partial charge in [0.15, 0.2) is 0 Å². The van der Waals surface area contributed by atoms with Gasteiger partial charge >= 0.3 is 12.2 Å². The monoisotopic (exact) mass is 460 g/mol. The maximum absolute atomic E-state index is 13.0. The zero-order chi connectivity index (χ0) is 24.0. The summed E-state index contributed by atoms with van der Waals surface area (Å²) in [5, 5.41) is 8.06. The van der Waals surface area contributed by atoms with E-state index in [1.807, 2.05) is 6.92 Å². The number of carbonyl (C=O) groups is 1. The first-order valence-electron chi connectivity index (χ1n) is 9.96. The second kappa shape index (κ2) is 10.2. The van der Waals surface area contributed by atoms with Crippen LogP contribution in [0.5, 0.6) is 11.6 Å². The molecule has 2 aromatic carbocycles. The molecular weight excluding hydrogens is 437 g/mol. The summed E-state index contributed by atoms with van der Waals surface area (Å²) < 4.78 is 44.8. The summed E-state index contributed by atoms with van der Waals surface area (Å²) in [7, 11) is 0. The van der Waals surface area contributed by atoms with Crippen molar-refractivity contribution in [3.8, 4) is 11.6 Å². The van der Waals surface area contributed by atoms with E-state index in [0.717, 1.165) is 6.07 Å². The van der Waals surface area contributed by atoms with Crippen molar-refractivity contribution in [1.82, 2.24) is 9.97 Å². The Kier molecular flexibility index (Phi) is 7.34. The maximum atomic E-state index is 13.0. The van der Waals surface area contributed by atoms with Gasteiger partial charge in [-0.15, -0.1) is 0 Å². The molecule has 11 heteroatoms. The fourth-order valence-electron chi connectivity index (χ4n) is 2.81. The van der Waals surface area contributed by atoms with Crippen LogP contribution < -0.4 is 26.4 Å². The lowest BCUT2D eigenvalue weighted by Crippen LogP contribution is -2.25. The Morgan fingerprint density at radius 2 is 1.73 bits per heavy atom. The number of nitrogens with two attached hydrogens (primary N) is 1. The van der Waals surface area contributed by atoms with Crippen LogP contribution in [0.15, 0.2) is 54.9 Å². The number of anilines is 3. The number of hydrogen-bond donors (Lipinski definition) is 4. The third kappa shape index (κ3) is 6.81. The molecule has 174 valence electrons. The van der Waals surface area contributed by atoms with E-state index in [-0.39, 0.29) is 17.3 Å². The van der Waals surface area contributed by atoms with Gasteiger partial charge < -0.3 is 26.4 Å². The van der Waals surface area contributed by atoms with E-state index in [9.17, 15) is 18.0 Å². The average molecular weight is 460 g/mol. The number of alkyl halides is 3. The van der Waals surface area contributed by atoms with Gasteiger partial charge in [0.05, 0.1) is 5.56 Å². The summed E-state index contributed by atoms with van der Waals surface area (Å²) in [6.07, 6.45) is -3.15. The molecule has 0 spiro atoms. The zero-order valence-corrected chi connectivity index (χ0v) is 17.9. The van der Waals surface area contributed by atoms with Crippen LogP contribution in [0, 0.1) is 6.92 Å². The largest absolute Gasteiger partial charge is 0.439 e. The molecule has 2 amide bonds. The number of carbonyl (C=O) groups excluding carboxylic acids is 1. The minimum absolute atomic E-state index is 0.0301. The summed E-state index contributed by atoms with van der Waals surface area (Å²) in [6.45, 7) is 3.71. The van der Waals surface area contributed by atoms with Crippen molar-refractivity contribution in [2.24, 2.45) is 5.73 Å². The number of halogens is 3. The number of amides is 2. The van der Waals surface area contributed by atoms with Crippen molar-refractivity contribution in [1.29, 1.82) is 0 Å². The summed E-state index contributed by atoms with van der Waals surface area (Å²) in [5.74, 6) is 1.35. The van der Waals surface area contributed by atoms with Gasteiger partial charge in [-0.1, -0.05) is 6.07 Å². The molecule has 0 aliphatic carbocycles. The summed E-state index contributed by atoms with van der Waals surface area (Å²) in [4.78, 5) is 20.3. The van der Waals surface area contributed by atoms with E-state index in [1.54, 1.807) is 30.3 Å². The molecule has 8 nitrogen and oxygen atoms in total. The van der Waals surface area contributed by atoms with Gasteiger partial charge in [-0.3, -0.25) is 0 Å². The molecule has 0 radical (unpaired) electrons. The molecule has 0 saturated heterocycles. The average Bonchev–Trinajstić information content (AvgIpc) is 2.76. The molecule has 0 bridgehead atoms. The predicted molar refractivity (Wildman–Crippen MR) is 120 cm³/mol. The summed E-state index contributed by atoms with van der Waals surface area (Å²) in [5.41, 5.74) is 5.31. The van der Waals surface area contributed by atoms with Crippen molar-refractivity contribution >= 4 is 23.2 Å². The van der Waals surface area contributed by atoms with Crippen molar-refractivity contribution in [2.75, 3.05) is 22.5 Å². The first kappa shape index (κ1) is 23.8. The lowest BCUT2D eigenvalue weighted by Gasteiger charge is -2.13. The predicted octanol–water partition coefficient (Wildman–Crippen LogP) is 5.00. The molecule has 0 aliphatic heterocycles. The smallest absolute Gasteiger partial charge is 0.416 e. The number of urea groups is 1. The number of nitrogens with one attached hydrogen (secondary N) is 3. The minimum atomic E-state index is -4.50. The zero-order valence-electron chi connectivity index (χ0n) is 17.9. The SMILES string of the molecule is Cc1ccc(NC(=O)Nc2ccc(Oc3cc(N[C@H](C)CN)ncn3)cc2)cc1C(F)(F)F. The molecule has 1 atom stereocenters. The van der Waals surface area contributed by atoms with E-state index < -0.39 is 17.8 Å². The second-order valence-electron chi connectivity index (χ2n) is 7.26. The quantitative estimate of drug-likeness (QED) is 0.395. The fourth-order valence-corrected chi connectivity index (χ4v) is 2.81. The second-order valence-corrected chi connectivity index (χ2v) is 7.26. The van der Waals surface area contributed by atoms with Crippen molar-refractivity contribution in [3.05, 3.63) is 66.0 Å². The van der Waals surface area contributed by atoms with E-state index in [2.05, 4.69) is 25.9 Å². The van der Waals surface area contributed by atoms with Gasteiger partial charge in [0.2, 0.25) is 5.88 Å². The minimum Gasteiger partial charge on any atom is -0.439 e. The van der Waals surface area contributed by atoms with Crippen LogP contribution in [0.3, 0.4) is 0 Å². The van der Waals surface area contributed by atoms with Crippen LogP contribution in [-0.2, 0) is 6.18 Å². The topological polar surface area (TPSA) is 114 Å². The highest BCUT2D eigenvalue weighted by molar-refractivity contribution is 5.99. The Morgan fingerprint density at radius 1 is 1.06 bits per heavy atom. The Labute approximate surface area is 188 Å². The number of aryl methyl sites for hydroxylation is 1. The molecule has 0 unspecified atom stereocenters. The number of nitrogens with zero attached hydrogens (tertiary/aromatic N) is 2. The van der Waals surface area contributed by atoms with Crippen LogP contribution in [0.1, 0.15) is 18.1 Å². The summed E-state index contributed by atoms with van der Waals surface area (Å²) in [6, 6.07) is 11.0. The highest BCUT2D eigenvalue weighted by atomic mass is 19.4. The number of hydrogen-bond acceptors (Lipinski definition) is 6. The van der Waals surface area contributed by atoms with Crippen LogP contribution in [0.2, 0.25) is 0 Å². The standard InChI is InChI=1S/C22H23F3N6O2/c1-13-3-4-16(9-18(13)22(23,24)25)31-21(32)30-15-5-7-17(8-6-15)33-20-10-19(27-12-28-20)29-14(2)11-26/h3-10,12,14H,11,26H2,1-2H3,(H,27,28,29)(H2,30,31,32)/t14-/m1/s1. The van der Waals surface area contributed by atoms with Crippen LogP contribution in [-0.4, -0.2) is 28.6 Å². The molecule has 0 aliphatic rings. The number of ether oxygens (including phenoxy) is 1. The fraction of sp³-hybridized carbons (Fsp3) is 0.227. The molecule has 3 aromatic rings. The molecule has 5 N–H and O–H groups in total. The number of aromatic nitrogens is 2. The van der Waals surface area contributed by atoms with Crippen molar-refractivity contribution < 1.29 is 22.7 Å². The lowest BCUT2D eigenvalue weighted by molar-refractivity contribution is -0.138. The third-order valence-electron chi connectivity index (χ3n) is 4.53. The highest BCUT2D eigenvalue weighted by Gasteiger charge is 2.32. The van der Waals surface area contributed by atoms with Crippen molar-refractivity contribution in [2.45, 2.75) is 26.1 Å². The van der Waals surface area contributed by atoms with Gasteiger partial charge in [-0.25, -0.2) is 14.8 Å². The van der Waals surface area contributed by atoms with Crippen LogP contribution >= 0.6 is 0 Å². The van der Waals surface area contributed by atoms with Gasteiger partial charge in [-0.05, 0) is 55.8 Å². The van der Waals surface area contributed by atoms with Crippen LogP contribution in [0.25, 0.3) is 0 Å². The molecule has 33 heavy (non-hydrogen) atoms.